The maximum Gasteiger partial charge on any atom is 0.257 e. The molecule has 1 aliphatic carbocycles. The highest BCUT2D eigenvalue weighted by Crippen LogP contribution is 2.30. The van der Waals surface area contributed by atoms with Crippen molar-refractivity contribution >= 4 is 11.6 Å². The molecule has 1 aromatic carbocycles. The summed E-state index contributed by atoms with van der Waals surface area (Å²) in [6.07, 6.45) is 5.67. The second kappa shape index (κ2) is 6.87. The van der Waals surface area contributed by atoms with E-state index in [1.54, 1.807) is 0 Å². The average molecular weight is 296 g/mol. The maximum atomic E-state index is 13.7. The summed E-state index contributed by atoms with van der Waals surface area (Å²) < 4.78 is 27.3. The van der Waals surface area contributed by atoms with Crippen molar-refractivity contribution in [3.8, 4) is 0 Å². The van der Waals surface area contributed by atoms with Crippen LogP contribution in [0.3, 0.4) is 0 Å². The topological polar surface area (TPSA) is 55.1 Å². The predicted octanol–water partition coefficient (Wildman–Crippen LogP) is 3.49. The van der Waals surface area contributed by atoms with Crippen LogP contribution in [0.15, 0.2) is 12.1 Å². The van der Waals surface area contributed by atoms with E-state index in [2.05, 4.69) is 12.2 Å². The van der Waals surface area contributed by atoms with E-state index < -0.39 is 23.1 Å². The Kier molecular flexibility index (Phi) is 5.15. The van der Waals surface area contributed by atoms with E-state index in [9.17, 15) is 13.6 Å². The molecular formula is C16H22F2N2O. The summed E-state index contributed by atoms with van der Waals surface area (Å²) in [6, 6.07) is 2.13. The molecule has 1 aliphatic rings. The first kappa shape index (κ1) is 15.7. The Morgan fingerprint density at radius 1 is 1.38 bits per heavy atom. The third kappa shape index (κ3) is 3.93. The van der Waals surface area contributed by atoms with Crippen LogP contribution in [0.1, 0.15) is 49.4 Å². The Labute approximate surface area is 123 Å². The molecule has 116 valence electrons. The lowest BCUT2D eigenvalue weighted by atomic mass is 9.81. The standard InChI is InChI=1S/C16H22F2N2O/c1-10-3-2-4-11(9-10)7-8-20-16(21)14-12(17)5-6-13(19)15(14)18/h5-6,10-11H,2-4,7-9,19H2,1H3,(H,20,21). The molecule has 3 N–H and O–H groups in total. The lowest BCUT2D eigenvalue weighted by Crippen LogP contribution is -2.29. The fourth-order valence-electron chi connectivity index (χ4n) is 3.08. The molecule has 1 fully saturated rings. The molecule has 0 bridgehead atoms. The molecule has 3 nitrogen and oxygen atoms in total. The van der Waals surface area contributed by atoms with Crippen molar-refractivity contribution in [2.75, 3.05) is 12.3 Å². The number of rotatable bonds is 4. The third-order valence-electron chi connectivity index (χ3n) is 4.23. The van der Waals surface area contributed by atoms with Gasteiger partial charge in [0.1, 0.15) is 11.4 Å². The highest BCUT2D eigenvalue weighted by Gasteiger charge is 2.21. The molecule has 2 atom stereocenters. The fourth-order valence-corrected chi connectivity index (χ4v) is 3.08. The van der Waals surface area contributed by atoms with Crippen LogP contribution in [0.5, 0.6) is 0 Å². The third-order valence-corrected chi connectivity index (χ3v) is 4.23. The van der Waals surface area contributed by atoms with Gasteiger partial charge >= 0.3 is 0 Å². The maximum absolute atomic E-state index is 13.7. The van der Waals surface area contributed by atoms with Gasteiger partial charge in [-0.3, -0.25) is 4.79 Å². The van der Waals surface area contributed by atoms with Crippen molar-refractivity contribution in [1.29, 1.82) is 0 Å². The summed E-state index contributed by atoms with van der Waals surface area (Å²) in [7, 11) is 0. The number of halogens is 2. The quantitative estimate of drug-likeness (QED) is 0.836. The zero-order valence-corrected chi connectivity index (χ0v) is 12.3. The second-order valence-corrected chi connectivity index (χ2v) is 6.01. The number of benzene rings is 1. The number of amides is 1. The molecule has 1 amide bonds. The number of nitrogen functional groups attached to an aromatic ring is 1. The lowest BCUT2D eigenvalue weighted by Gasteiger charge is -2.26. The van der Waals surface area contributed by atoms with Crippen LogP contribution >= 0.6 is 0 Å². The lowest BCUT2D eigenvalue weighted by molar-refractivity contribution is 0.0941. The number of carbonyl (C=O) groups excluding carboxylic acids is 1. The van der Waals surface area contributed by atoms with Gasteiger partial charge in [-0.05, 0) is 36.8 Å². The van der Waals surface area contributed by atoms with Crippen molar-refractivity contribution in [1.82, 2.24) is 5.32 Å². The highest BCUT2D eigenvalue weighted by molar-refractivity contribution is 5.95. The largest absolute Gasteiger partial charge is 0.396 e. The van der Waals surface area contributed by atoms with Gasteiger partial charge in [-0.1, -0.05) is 26.2 Å². The van der Waals surface area contributed by atoms with Crippen molar-refractivity contribution in [3.63, 3.8) is 0 Å². The van der Waals surface area contributed by atoms with Crippen molar-refractivity contribution in [2.45, 2.75) is 39.0 Å². The minimum Gasteiger partial charge on any atom is -0.396 e. The van der Waals surface area contributed by atoms with Crippen LogP contribution in [0.4, 0.5) is 14.5 Å². The molecule has 5 heteroatoms. The van der Waals surface area contributed by atoms with E-state index in [1.165, 1.54) is 19.3 Å². The molecule has 2 rings (SSSR count). The van der Waals surface area contributed by atoms with E-state index in [4.69, 9.17) is 5.73 Å². The summed E-state index contributed by atoms with van der Waals surface area (Å²) in [4.78, 5) is 11.9. The fraction of sp³-hybridized carbons (Fsp3) is 0.562. The minimum absolute atomic E-state index is 0.220. The van der Waals surface area contributed by atoms with E-state index in [0.29, 0.717) is 12.5 Å². The van der Waals surface area contributed by atoms with Gasteiger partial charge in [-0.2, -0.15) is 0 Å². The Bertz CT molecular complexity index is 519. The minimum atomic E-state index is -0.987. The predicted molar refractivity (Wildman–Crippen MR) is 78.8 cm³/mol. The van der Waals surface area contributed by atoms with Crippen LogP contribution in [-0.2, 0) is 0 Å². The van der Waals surface area contributed by atoms with Gasteiger partial charge in [0.25, 0.3) is 5.91 Å². The van der Waals surface area contributed by atoms with Gasteiger partial charge in [0, 0.05) is 6.54 Å². The van der Waals surface area contributed by atoms with Crippen LogP contribution in [0, 0.1) is 23.5 Å². The molecule has 1 aromatic rings. The number of hydrogen-bond acceptors (Lipinski definition) is 2. The van der Waals surface area contributed by atoms with Gasteiger partial charge in [0.2, 0.25) is 0 Å². The van der Waals surface area contributed by atoms with Crippen molar-refractivity contribution in [2.24, 2.45) is 11.8 Å². The van der Waals surface area contributed by atoms with Gasteiger partial charge < -0.3 is 11.1 Å². The number of anilines is 1. The van der Waals surface area contributed by atoms with Gasteiger partial charge in [0.15, 0.2) is 5.82 Å². The molecule has 0 saturated heterocycles. The zero-order chi connectivity index (χ0) is 15.4. The summed E-state index contributed by atoms with van der Waals surface area (Å²) in [5, 5.41) is 2.60. The van der Waals surface area contributed by atoms with Crippen LogP contribution in [-0.4, -0.2) is 12.5 Å². The van der Waals surface area contributed by atoms with Crippen molar-refractivity contribution < 1.29 is 13.6 Å². The van der Waals surface area contributed by atoms with E-state index >= 15 is 0 Å². The van der Waals surface area contributed by atoms with Crippen LogP contribution < -0.4 is 11.1 Å². The molecule has 0 aromatic heterocycles. The van der Waals surface area contributed by atoms with Crippen molar-refractivity contribution in [3.05, 3.63) is 29.3 Å². The molecule has 1 saturated carbocycles. The first-order valence-electron chi connectivity index (χ1n) is 7.50. The summed E-state index contributed by atoms with van der Waals surface area (Å²) in [6.45, 7) is 2.67. The highest BCUT2D eigenvalue weighted by atomic mass is 19.1. The summed E-state index contributed by atoms with van der Waals surface area (Å²) in [5.74, 6) is -1.29. The smallest absolute Gasteiger partial charge is 0.257 e. The Morgan fingerprint density at radius 3 is 2.86 bits per heavy atom. The Morgan fingerprint density at radius 2 is 2.14 bits per heavy atom. The normalized spacial score (nSPS) is 22.0. The van der Waals surface area contributed by atoms with E-state index in [0.717, 1.165) is 30.9 Å². The number of carbonyl (C=O) groups is 1. The molecule has 0 spiro atoms. The first-order chi connectivity index (χ1) is 9.99. The zero-order valence-electron chi connectivity index (χ0n) is 12.3. The summed E-state index contributed by atoms with van der Waals surface area (Å²) >= 11 is 0. The molecule has 0 heterocycles. The van der Waals surface area contributed by atoms with Gasteiger partial charge in [-0.15, -0.1) is 0 Å². The SMILES string of the molecule is CC1CCCC(CCNC(=O)c2c(F)ccc(N)c2F)C1. The van der Waals surface area contributed by atoms with E-state index in [-0.39, 0.29) is 5.69 Å². The molecule has 0 radical (unpaired) electrons. The Hall–Kier alpha value is -1.65. The Balaban J connectivity index is 1.89. The van der Waals surface area contributed by atoms with E-state index in [1.807, 2.05) is 0 Å². The average Bonchev–Trinajstić information content (AvgIpc) is 2.43. The second-order valence-electron chi connectivity index (χ2n) is 6.01. The summed E-state index contributed by atoms with van der Waals surface area (Å²) in [5.41, 5.74) is 4.56. The van der Waals surface area contributed by atoms with Gasteiger partial charge in [0.05, 0.1) is 5.69 Å². The monoisotopic (exact) mass is 296 g/mol. The number of hydrogen-bond donors (Lipinski definition) is 2. The molecular weight excluding hydrogens is 274 g/mol. The van der Waals surface area contributed by atoms with Gasteiger partial charge in [-0.25, -0.2) is 8.78 Å². The first-order valence-corrected chi connectivity index (χ1v) is 7.50. The number of nitrogens with one attached hydrogen (secondary N) is 1. The molecule has 2 unspecified atom stereocenters. The molecule has 21 heavy (non-hydrogen) atoms. The number of nitrogens with two attached hydrogens (primary N) is 1. The van der Waals surface area contributed by atoms with Crippen LogP contribution in [0.2, 0.25) is 0 Å². The van der Waals surface area contributed by atoms with Crippen LogP contribution in [0.25, 0.3) is 0 Å². The molecule has 0 aliphatic heterocycles.